The number of benzene rings is 9. The van der Waals surface area contributed by atoms with Crippen molar-refractivity contribution in [3.05, 3.63) is 187 Å². The molecule has 4 nitrogen and oxygen atoms in total. The van der Waals surface area contributed by atoms with Crippen LogP contribution in [0.15, 0.2) is 180 Å². The Morgan fingerprint density at radius 3 is 1.78 bits per heavy atom. The summed E-state index contributed by atoms with van der Waals surface area (Å²) in [7, 11) is 0. The minimum atomic E-state index is -0.0700. The van der Waals surface area contributed by atoms with Crippen LogP contribution >= 0.6 is 0 Å². The Morgan fingerprint density at radius 1 is 0.362 bits per heavy atom. The summed E-state index contributed by atoms with van der Waals surface area (Å²) in [6.07, 6.45) is 0. The summed E-state index contributed by atoms with van der Waals surface area (Å²) in [5, 5.41) is 9.47. The fourth-order valence-electron chi connectivity index (χ4n) is 9.32. The molecule has 0 spiro atoms. The zero-order valence-corrected chi connectivity index (χ0v) is 32.0. The highest BCUT2D eigenvalue weighted by Crippen LogP contribution is 2.49. The number of furan rings is 1. The lowest BCUT2D eigenvalue weighted by molar-refractivity contribution is 0.660. The summed E-state index contributed by atoms with van der Waals surface area (Å²) < 4.78 is 6.42. The number of rotatable bonds is 4. The lowest BCUT2D eigenvalue weighted by Crippen LogP contribution is -2.14. The SMILES string of the molecule is CC1(C)c2ccccc2-c2cc(-c3nc(-c4ccccc4)nc(-c4ccc5cc(-c6ccc7oc8ccc9ccc%10ccccc%10c9c8c7c6)ccc5c4)n3)ccc21. The first-order chi connectivity index (χ1) is 28.5. The molecule has 0 radical (unpaired) electrons. The lowest BCUT2D eigenvalue weighted by atomic mass is 9.82. The van der Waals surface area contributed by atoms with Gasteiger partial charge in [0.25, 0.3) is 0 Å². The van der Waals surface area contributed by atoms with Crippen LogP contribution in [0.3, 0.4) is 0 Å². The van der Waals surface area contributed by atoms with Gasteiger partial charge in [0.05, 0.1) is 0 Å². The molecule has 4 heteroatoms. The first-order valence-electron chi connectivity index (χ1n) is 19.8. The van der Waals surface area contributed by atoms with Crippen LogP contribution in [-0.4, -0.2) is 15.0 Å². The highest BCUT2D eigenvalue weighted by Gasteiger charge is 2.35. The Labute approximate surface area is 335 Å². The Morgan fingerprint density at radius 2 is 0.931 bits per heavy atom. The quantitative estimate of drug-likeness (QED) is 0.169. The normalized spacial score (nSPS) is 13.1. The Balaban J connectivity index is 0.957. The molecule has 0 saturated carbocycles. The molecule has 0 atom stereocenters. The van der Waals surface area contributed by atoms with Crippen molar-refractivity contribution in [1.29, 1.82) is 0 Å². The van der Waals surface area contributed by atoms with Crippen molar-refractivity contribution in [2.75, 3.05) is 0 Å². The van der Waals surface area contributed by atoms with Gasteiger partial charge in [0, 0.05) is 38.3 Å². The first kappa shape index (κ1) is 32.8. The summed E-state index contributed by atoms with van der Waals surface area (Å²) in [4.78, 5) is 15.3. The van der Waals surface area contributed by atoms with Crippen molar-refractivity contribution in [2.45, 2.75) is 19.3 Å². The second-order valence-corrected chi connectivity index (χ2v) is 16.0. The molecule has 11 aromatic rings. The average Bonchev–Trinajstić information content (AvgIpc) is 3.77. The van der Waals surface area contributed by atoms with Crippen LogP contribution in [0.2, 0.25) is 0 Å². The first-order valence-corrected chi connectivity index (χ1v) is 19.8. The second-order valence-electron chi connectivity index (χ2n) is 16.0. The van der Waals surface area contributed by atoms with Crippen LogP contribution in [0.1, 0.15) is 25.0 Å². The van der Waals surface area contributed by atoms with Crippen molar-refractivity contribution < 1.29 is 4.42 Å². The van der Waals surface area contributed by atoms with Gasteiger partial charge in [-0.2, -0.15) is 0 Å². The molecule has 0 aliphatic heterocycles. The molecule has 272 valence electrons. The molecular formula is C54H35N3O. The number of aromatic nitrogens is 3. The minimum Gasteiger partial charge on any atom is -0.456 e. The molecule has 12 rings (SSSR count). The predicted octanol–water partition coefficient (Wildman–Crippen LogP) is 14.2. The van der Waals surface area contributed by atoms with E-state index in [1.807, 2.05) is 18.2 Å². The predicted molar refractivity (Wildman–Crippen MR) is 239 cm³/mol. The van der Waals surface area contributed by atoms with E-state index < -0.39 is 0 Å². The van der Waals surface area contributed by atoms with E-state index in [0.29, 0.717) is 17.5 Å². The number of hydrogen-bond acceptors (Lipinski definition) is 4. The average molecular weight is 742 g/mol. The molecule has 9 aromatic carbocycles. The van der Waals surface area contributed by atoms with Crippen molar-refractivity contribution in [1.82, 2.24) is 15.0 Å². The van der Waals surface area contributed by atoms with Gasteiger partial charge in [0.1, 0.15) is 11.2 Å². The zero-order valence-electron chi connectivity index (χ0n) is 32.0. The number of fused-ring (bicyclic) bond motifs is 11. The molecule has 1 aliphatic carbocycles. The van der Waals surface area contributed by atoms with Crippen molar-refractivity contribution in [3.8, 4) is 56.4 Å². The van der Waals surface area contributed by atoms with Gasteiger partial charge in [-0.05, 0) is 96.7 Å². The largest absolute Gasteiger partial charge is 0.456 e. The molecule has 2 heterocycles. The van der Waals surface area contributed by atoms with E-state index in [9.17, 15) is 0 Å². The molecule has 0 unspecified atom stereocenters. The second kappa shape index (κ2) is 12.3. The van der Waals surface area contributed by atoms with Crippen LogP contribution in [0.5, 0.6) is 0 Å². The van der Waals surface area contributed by atoms with E-state index in [4.69, 9.17) is 19.4 Å². The lowest BCUT2D eigenvalue weighted by Gasteiger charge is -2.21. The van der Waals surface area contributed by atoms with Crippen molar-refractivity contribution in [2.24, 2.45) is 0 Å². The molecule has 2 aromatic heterocycles. The highest BCUT2D eigenvalue weighted by atomic mass is 16.3. The monoisotopic (exact) mass is 741 g/mol. The highest BCUT2D eigenvalue weighted by molar-refractivity contribution is 6.26. The van der Waals surface area contributed by atoms with Gasteiger partial charge in [-0.1, -0.05) is 153 Å². The van der Waals surface area contributed by atoms with Crippen LogP contribution in [0.4, 0.5) is 0 Å². The maximum absolute atomic E-state index is 6.42. The van der Waals surface area contributed by atoms with Crippen LogP contribution in [0.25, 0.3) is 111 Å². The van der Waals surface area contributed by atoms with Crippen molar-refractivity contribution >= 4 is 54.3 Å². The summed E-state index contributed by atoms with van der Waals surface area (Å²) >= 11 is 0. The van der Waals surface area contributed by atoms with Crippen LogP contribution in [0, 0.1) is 0 Å². The van der Waals surface area contributed by atoms with E-state index >= 15 is 0 Å². The zero-order chi connectivity index (χ0) is 38.5. The molecular weight excluding hydrogens is 707 g/mol. The van der Waals surface area contributed by atoms with E-state index in [2.05, 4.69) is 172 Å². The summed E-state index contributed by atoms with van der Waals surface area (Å²) in [6, 6.07) is 62.6. The number of nitrogens with zero attached hydrogens (tertiary/aromatic N) is 3. The smallest absolute Gasteiger partial charge is 0.164 e. The van der Waals surface area contributed by atoms with E-state index in [0.717, 1.165) is 60.5 Å². The topological polar surface area (TPSA) is 51.8 Å². The van der Waals surface area contributed by atoms with Gasteiger partial charge in [0.2, 0.25) is 0 Å². The van der Waals surface area contributed by atoms with E-state index in [1.54, 1.807) is 0 Å². The van der Waals surface area contributed by atoms with Crippen LogP contribution in [-0.2, 0) is 5.41 Å². The fourth-order valence-corrected chi connectivity index (χ4v) is 9.32. The standard InChI is InChI=1S/C54H35N3O/c1-54(2)45-15-9-8-14-42(45)43-31-40(22-25-46(43)54)53-56-51(34-11-4-3-5-12-34)55-52(57-53)39-21-20-35-28-36(18-19-37(35)29-39)38-24-26-47-44(30-38)50-48(58-47)27-23-33-17-16-32-10-6-7-13-41(32)49(33)50/h3-31H,1-2H3. The maximum atomic E-state index is 6.42. The molecule has 58 heavy (non-hydrogen) atoms. The third-order valence-corrected chi connectivity index (χ3v) is 12.3. The molecule has 0 fully saturated rings. The molecule has 0 amide bonds. The summed E-state index contributed by atoms with van der Waals surface area (Å²) in [5.74, 6) is 1.96. The molecule has 0 N–H and O–H groups in total. The fraction of sp³-hybridized carbons (Fsp3) is 0.0556. The van der Waals surface area contributed by atoms with Gasteiger partial charge < -0.3 is 4.42 Å². The Hall–Kier alpha value is -7.43. The van der Waals surface area contributed by atoms with E-state index in [-0.39, 0.29) is 5.41 Å². The Kier molecular flexibility index (Phi) is 6.94. The third kappa shape index (κ3) is 4.98. The van der Waals surface area contributed by atoms with Gasteiger partial charge in [-0.3, -0.25) is 0 Å². The van der Waals surface area contributed by atoms with Gasteiger partial charge >= 0.3 is 0 Å². The van der Waals surface area contributed by atoms with Gasteiger partial charge in [-0.15, -0.1) is 0 Å². The molecule has 0 saturated heterocycles. The summed E-state index contributed by atoms with van der Waals surface area (Å²) in [6.45, 7) is 4.61. The Bertz CT molecular complexity index is 3490. The van der Waals surface area contributed by atoms with Gasteiger partial charge in [0.15, 0.2) is 17.5 Å². The third-order valence-electron chi connectivity index (χ3n) is 12.3. The maximum Gasteiger partial charge on any atom is 0.164 e. The van der Waals surface area contributed by atoms with Gasteiger partial charge in [-0.25, -0.2) is 15.0 Å². The van der Waals surface area contributed by atoms with E-state index in [1.165, 1.54) is 43.8 Å². The molecule has 0 bridgehead atoms. The number of hydrogen-bond donors (Lipinski definition) is 0. The van der Waals surface area contributed by atoms with Crippen LogP contribution < -0.4 is 0 Å². The molecule has 1 aliphatic rings. The van der Waals surface area contributed by atoms with Crippen molar-refractivity contribution in [3.63, 3.8) is 0 Å². The summed E-state index contributed by atoms with van der Waals surface area (Å²) in [5.41, 5.74) is 12.1. The minimum absolute atomic E-state index is 0.0700.